The SMILES string of the molecule is COc1cc(/C=N\NC(=S)Nc2ccccc2C)ccc1OC(=O)C1CC1. The predicted octanol–water partition coefficient (Wildman–Crippen LogP) is 3.64. The monoisotopic (exact) mass is 383 g/mol. The molecule has 1 fully saturated rings. The number of nitrogens with one attached hydrogen (secondary N) is 2. The maximum absolute atomic E-state index is 11.8. The highest BCUT2D eigenvalue weighted by Crippen LogP contribution is 2.34. The summed E-state index contributed by atoms with van der Waals surface area (Å²) in [5.74, 6) is 0.718. The lowest BCUT2D eigenvalue weighted by Crippen LogP contribution is -2.24. The van der Waals surface area contributed by atoms with Crippen LogP contribution in [0.1, 0.15) is 24.0 Å². The Morgan fingerprint density at radius 2 is 2.00 bits per heavy atom. The molecule has 7 heteroatoms. The van der Waals surface area contributed by atoms with Crippen molar-refractivity contribution in [2.45, 2.75) is 19.8 Å². The minimum atomic E-state index is -0.205. The fraction of sp³-hybridized carbons (Fsp3) is 0.250. The Morgan fingerprint density at radius 1 is 1.22 bits per heavy atom. The van der Waals surface area contributed by atoms with E-state index in [0.717, 1.165) is 29.7 Å². The van der Waals surface area contributed by atoms with E-state index in [9.17, 15) is 4.79 Å². The van der Waals surface area contributed by atoms with Crippen LogP contribution in [-0.4, -0.2) is 24.4 Å². The molecule has 0 atom stereocenters. The standard InChI is InChI=1S/C20H21N3O3S/c1-13-5-3-4-6-16(13)22-20(27)23-21-12-14-7-10-17(18(11-14)25-2)26-19(24)15-8-9-15/h3-7,10-12,15H,8-9H2,1-2H3,(H2,22,23,27)/b21-12-. The molecule has 6 nitrogen and oxygen atoms in total. The summed E-state index contributed by atoms with van der Waals surface area (Å²) in [4.78, 5) is 11.8. The van der Waals surface area contributed by atoms with Crippen LogP contribution in [-0.2, 0) is 4.79 Å². The number of benzene rings is 2. The Morgan fingerprint density at radius 3 is 2.70 bits per heavy atom. The molecular weight excluding hydrogens is 362 g/mol. The first kappa shape index (κ1) is 18.8. The number of rotatable bonds is 6. The van der Waals surface area contributed by atoms with Gasteiger partial charge >= 0.3 is 5.97 Å². The Bertz CT molecular complexity index is 879. The summed E-state index contributed by atoms with van der Waals surface area (Å²) in [5, 5.41) is 7.61. The van der Waals surface area contributed by atoms with Gasteiger partial charge in [-0.05, 0) is 67.4 Å². The number of ether oxygens (including phenoxy) is 2. The molecule has 3 rings (SSSR count). The fourth-order valence-electron chi connectivity index (χ4n) is 2.39. The van der Waals surface area contributed by atoms with Crippen molar-refractivity contribution in [1.29, 1.82) is 0 Å². The Balaban J connectivity index is 1.58. The predicted molar refractivity (Wildman–Crippen MR) is 109 cm³/mol. The van der Waals surface area contributed by atoms with Gasteiger partial charge in [0.15, 0.2) is 16.6 Å². The third-order valence-electron chi connectivity index (χ3n) is 4.08. The number of aryl methyl sites for hydroxylation is 1. The van der Waals surface area contributed by atoms with Crippen molar-refractivity contribution >= 4 is 35.2 Å². The second kappa shape index (κ2) is 8.64. The van der Waals surface area contributed by atoms with Gasteiger partial charge in [0.05, 0.1) is 19.2 Å². The minimum Gasteiger partial charge on any atom is -0.493 e. The number of esters is 1. The molecule has 1 aliphatic rings. The zero-order chi connectivity index (χ0) is 19.2. The van der Waals surface area contributed by atoms with Gasteiger partial charge in [0.2, 0.25) is 0 Å². The third-order valence-corrected chi connectivity index (χ3v) is 4.28. The van der Waals surface area contributed by atoms with E-state index in [1.54, 1.807) is 24.4 Å². The first-order chi connectivity index (χ1) is 13.1. The maximum atomic E-state index is 11.8. The molecule has 0 radical (unpaired) electrons. The van der Waals surface area contributed by atoms with Crippen molar-refractivity contribution in [2.75, 3.05) is 12.4 Å². The molecule has 27 heavy (non-hydrogen) atoms. The smallest absolute Gasteiger partial charge is 0.314 e. The summed E-state index contributed by atoms with van der Waals surface area (Å²) in [7, 11) is 1.53. The van der Waals surface area contributed by atoms with E-state index in [2.05, 4.69) is 15.8 Å². The van der Waals surface area contributed by atoms with E-state index >= 15 is 0 Å². The number of hydrazone groups is 1. The van der Waals surface area contributed by atoms with Crippen LogP contribution >= 0.6 is 12.2 Å². The fourth-order valence-corrected chi connectivity index (χ4v) is 2.55. The molecule has 2 aromatic carbocycles. The van der Waals surface area contributed by atoms with E-state index < -0.39 is 0 Å². The molecule has 1 aliphatic carbocycles. The van der Waals surface area contributed by atoms with Gasteiger partial charge in [0, 0.05) is 5.69 Å². The van der Waals surface area contributed by atoms with Crippen LogP contribution in [0.4, 0.5) is 5.69 Å². The van der Waals surface area contributed by atoms with Crippen LogP contribution in [0.2, 0.25) is 0 Å². The number of carbonyl (C=O) groups excluding carboxylic acids is 1. The topological polar surface area (TPSA) is 71.9 Å². The summed E-state index contributed by atoms with van der Waals surface area (Å²) in [6.07, 6.45) is 3.41. The van der Waals surface area contributed by atoms with E-state index in [0.29, 0.717) is 16.6 Å². The number of anilines is 1. The molecule has 0 saturated heterocycles. The number of methoxy groups -OCH3 is 1. The van der Waals surface area contributed by atoms with Crippen LogP contribution in [0.3, 0.4) is 0 Å². The quantitative estimate of drug-likeness (QED) is 0.261. The molecule has 2 N–H and O–H groups in total. The molecule has 1 saturated carbocycles. The minimum absolute atomic E-state index is 0.0295. The molecular formula is C20H21N3O3S. The van der Waals surface area contributed by atoms with Crippen molar-refractivity contribution in [1.82, 2.24) is 5.43 Å². The summed E-state index contributed by atoms with van der Waals surface area (Å²) in [5.41, 5.74) is 5.57. The van der Waals surface area contributed by atoms with Crippen LogP contribution in [0, 0.1) is 12.8 Å². The van der Waals surface area contributed by atoms with Gasteiger partial charge < -0.3 is 14.8 Å². The molecule has 0 heterocycles. The molecule has 0 aliphatic heterocycles. The number of carbonyl (C=O) groups is 1. The first-order valence-electron chi connectivity index (χ1n) is 8.62. The van der Waals surface area contributed by atoms with E-state index in [1.165, 1.54) is 7.11 Å². The van der Waals surface area contributed by atoms with Gasteiger partial charge in [0.25, 0.3) is 0 Å². The van der Waals surface area contributed by atoms with E-state index in [-0.39, 0.29) is 11.9 Å². The second-order valence-corrected chi connectivity index (χ2v) is 6.65. The third kappa shape index (κ3) is 5.27. The Labute approximate surface area is 163 Å². The lowest BCUT2D eigenvalue weighted by molar-refractivity contribution is -0.135. The van der Waals surface area contributed by atoms with Crippen molar-refractivity contribution in [3.63, 3.8) is 0 Å². The molecule has 2 aromatic rings. The average Bonchev–Trinajstić information content (AvgIpc) is 3.50. The van der Waals surface area contributed by atoms with E-state index in [1.807, 2.05) is 31.2 Å². The zero-order valence-electron chi connectivity index (χ0n) is 15.2. The molecule has 0 bridgehead atoms. The molecule has 0 amide bonds. The van der Waals surface area contributed by atoms with Gasteiger partial charge in [-0.25, -0.2) is 0 Å². The number of nitrogens with zero attached hydrogens (tertiary/aromatic N) is 1. The number of para-hydroxylation sites is 1. The average molecular weight is 383 g/mol. The molecule has 0 unspecified atom stereocenters. The molecule has 0 aromatic heterocycles. The zero-order valence-corrected chi connectivity index (χ0v) is 16.0. The van der Waals surface area contributed by atoms with Gasteiger partial charge in [-0.2, -0.15) is 5.10 Å². The van der Waals surface area contributed by atoms with Crippen molar-refractivity contribution in [2.24, 2.45) is 11.0 Å². The van der Waals surface area contributed by atoms with E-state index in [4.69, 9.17) is 21.7 Å². The van der Waals surface area contributed by atoms with Gasteiger partial charge in [-0.3, -0.25) is 10.2 Å². The van der Waals surface area contributed by atoms with Crippen molar-refractivity contribution < 1.29 is 14.3 Å². The van der Waals surface area contributed by atoms with Crippen LogP contribution in [0.25, 0.3) is 0 Å². The second-order valence-electron chi connectivity index (χ2n) is 6.24. The van der Waals surface area contributed by atoms with Crippen LogP contribution in [0.15, 0.2) is 47.6 Å². The van der Waals surface area contributed by atoms with Crippen molar-refractivity contribution in [3.8, 4) is 11.5 Å². The number of hydrogen-bond donors (Lipinski definition) is 2. The number of thiocarbonyl (C=S) groups is 1. The van der Waals surface area contributed by atoms with Crippen LogP contribution < -0.4 is 20.2 Å². The van der Waals surface area contributed by atoms with Gasteiger partial charge in [0.1, 0.15) is 0 Å². The van der Waals surface area contributed by atoms with Gasteiger partial charge in [-0.15, -0.1) is 0 Å². The number of hydrogen-bond acceptors (Lipinski definition) is 5. The summed E-state index contributed by atoms with van der Waals surface area (Å²) in [6, 6.07) is 13.1. The molecule has 0 spiro atoms. The highest BCUT2D eigenvalue weighted by atomic mass is 32.1. The lowest BCUT2D eigenvalue weighted by atomic mass is 10.2. The summed E-state index contributed by atoms with van der Waals surface area (Å²) < 4.78 is 10.7. The van der Waals surface area contributed by atoms with Crippen LogP contribution in [0.5, 0.6) is 11.5 Å². The van der Waals surface area contributed by atoms with Gasteiger partial charge in [-0.1, -0.05) is 18.2 Å². The normalized spacial score (nSPS) is 13.3. The van der Waals surface area contributed by atoms with Crippen molar-refractivity contribution in [3.05, 3.63) is 53.6 Å². The summed E-state index contributed by atoms with van der Waals surface area (Å²) in [6.45, 7) is 2.00. The molecule has 140 valence electrons. The first-order valence-corrected chi connectivity index (χ1v) is 9.03. The highest BCUT2D eigenvalue weighted by Gasteiger charge is 2.32. The Hall–Kier alpha value is -2.93. The highest BCUT2D eigenvalue weighted by molar-refractivity contribution is 7.80. The Kier molecular flexibility index (Phi) is 6.03. The maximum Gasteiger partial charge on any atom is 0.314 e. The largest absolute Gasteiger partial charge is 0.493 e. The lowest BCUT2D eigenvalue weighted by Gasteiger charge is -2.10. The summed E-state index contributed by atoms with van der Waals surface area (Å²) >= 11 is 5.24.